The van der Waals surface area contributed by atoms with Crippen molar-refractivity contribution in [3.8, 4) is 0 Å². The predicted octanol–water partition coefficient (Wildman–Crippen LogP) is 1.93. The van der Waals surface area contributed by atoms with Crippen LogP contribution in [0, 0.1) is 0 Å². The molecule has 5 heteroatoms. The molecule has 0 saturated heterocycles. The van der Waals surface area contributed by atoms with E-state index in [0.717, 1.165) is 0 Å². The molecule has 0 aromatic heterocycles. The van der Waals surface area contributed by atoms with Gasteiger partial charge in [-0.25, -0.2) is 0 Å². The molecule has 0 aliphatic heterocycles. The Kier molecular flexibility index (Phi) is 4.98. The Morgan fingerprint density at radius 1 is 1.30 bits per heavy atom. The van der Waals surface area contributed by atoms with Gasteiger partial charge in [0.2, 0.25) is 0 Å². The van der Waals surface area contributed by atoms with Crippen LogP contribution in [0.2, 0.25) is 26.2 Å². The lowest BCUT2D eigenvalue weighted by atomic mass is 11.8. The van der Waals surface area contributed by atoms with Gasteiger partial charge in [0, 0.05) is 6.66 Å². The summed E-state index contributed by atoms with van der Waals surface area (Å²) in [5, 5.41) is 0. The van der Waals surface area contributed by atoms with Crippen LogP contribution in [0.3, 0.4) is 0 Å². The molecule has 0 saturated carbocycles. The van der Waals surface area contributed by atoms with Crippen LogP contribution < -0.4 is 0 Å². The van der Waals surface area contributed by atoms with E-state index in [9.17, 15) is 0 Å². The van der Waals surface area contributed by atoms with Crippen molar-refractivity contribution in [1.82, 2.24) is 0 Å². The average Bonchev–Trinajstić information content (AvgIpc) is 1.59. The summed E-state index contributed by atoms with van der Waals surface area (Å²) in [6, 6.07) is 0. The Labute approximate surface area is 68.3 Å². The normalized spacial score (nSPS) is 16.5. The van der Waals surface area contributed by atoms with Crippen LogP contribution in [-0.2, 0) is 8.43 Å². The van der Waals surface area contributed by atoms with Gasteiger partial charge in [-0.1, -0.05) is 6.55 Å². The van der Waals surface area contributed by atoms with Crippen LogP contribution in [0.1, 0.15) is 0 Å². The van der Waals surface area contributed by atoms with Crippen molar-refractivity contribution in [1.29, 1.82) is 0 Å². The first-order chi connectivity index (χ1) is 4.45. The van der Waals surface area contributed by atoms with E-state index in [2.05, 4.69) is 26.2 Å². The maximum Gasteiger partial charge on any atom is 0.191 e. The Hall–Kier alpha value is 0.784. The maximum atomic E-state index is 5.69. The van der Waals surface area contributed by atoms with E-state index in [1.807, 2.05) is 6.66 Å². The van der Waals surface area contributed by atoms with Crippen molar-refractivity contribution in [2.75, 3.05) is 6.66 Å². The fraction of sp³-hybridized carbons (Fsp3) is 1.00. The number of rotatable bonds is 4. The molecular formula is C5H17O2PSi2. The molecule has 0 bridgehead atoms. The maximum absolute atomic E-state index is 5.69. The molecule has 2 nitrogen and oxygen atoms in total. The minimum atomic E-state index is -1.33. The Morgan fingerprint density at radius 3 is 2.10 bits per heavy atom. The van der Waals surface area contributed by atoms with Crippen molar-refractivity contribution in [2.45, 2.75) is 26.2 Å². The molecule has 0 amide bonds. The van der Waals surface area contributed by atoms with E-state index in [-0.39, 0.29) is 9.76 Å². The van der Waals surface area contributed by atoms with Gasteiger partial charge in [0.1, 0.15) is 8.38 Å². The van der Waals surface area contributed by atoms with Crippen LogP contribution in [-0.4, -0.2) is 24.7 Å². The number of hydrogen-bond acceptors (Lipinski definition) is 2. The second kappa shape index (κ2) is 4.62. The second-order valence-electron chi connectivity index (χ2n) is 3.06. The summed E-state index contributed by atoms with van der Waals surface area (Å²) in [4.78, 5) is 0. The van der Waals surface area contributed by atoms with Gasteiger partial charge in [-0.15, -0.1) is 0 Å². The van der Waals surface area contributed by atoms with Gasteiger partial charge in [-0.2, -0.15) is 0 Å². The van der Waals surface area contributed by atoms with Crippen molar-refractivity contribution in [3.63, 3.8) is 0 Å². The van der Waals surface area contributed by atoms with Crippen molar-refractivity contribution in [3.05, 3.63) is 0 Å². The molecule has 0 radical (unpaired) electrons. The molecule has 0 heterocycles. The minimum absolute atomic E-state index is 0.276. The van der Waals surface area contributed by atoms with Crippen molar-refractivity contribution < 1.29 is 8.43 Å². The summed E-state index contributed by atoms with van der Waals surface area (Å²) in [6.45, 7) is 10.7. The Balaban J connectivity index is 3.47. The highest BCUT2D eigenvalue weighted by Gasteiger charge is 2.18. The topological polar surface area (TPSA) is 18.5 Å². The summed E-state index contributed by atoms with van der Waals surface area (Å²) in [5.41, 5.74) is 0. The molecule has 0 aromatic carbocycles. The third kappa shape index (κ3) is 6.90. The summed E-state index contributed by atoms with van der Waals surface area (Å²) >= 11 is 0. The summed E-state index contributed by atoms with van der Waals surface area (Å²) in [6.07, 6.45) is 0. The highest BCUT2D eigenvalue weighted by molar-refractivity contribution is 7.49. The highest BCUT2D eigenvalue weighted by atomic mass is 31.2. The van der Waals surface area contributed by atoms with Gasteiger partial charge in [0.15, 0.2) is 18.1 Å². The van der Waals surface area contributed by atoms with Gasteiger partial charge in [0.25, 0.3) is 0 Å². The van der Waals surface area contributed by atoms with Gasteiger partial charge in [0.05, 0.1) is 0 Å². The van der Waals surface area contributed by atoms with Gasteiger partial charge < -0.3 is 8.43 Å². The Morgan fingerprint density at radius 2 is 1.80 bits per heavy atom. The fourth-order valence-electron chi connectivity index (χ4n) is 0.594. The van der Waals surface area contributed by atoms with Crippen LogP contribution >= 0.6 is 8.38 Å². The largest absolute Gasteiger partial charge is 0.384 e. The van der Waals surface area contributed by atoms with E-state index in [4.69, 9.17) is 8.43 Å². The van der Waals surface area contributed by atoms with E-state index in [1.54, 1.807) is 0 Å². The lowest BCUT2D eigenvalue weighted by Crippen LogP contribution is -2.22. The highest BCUT2D eigenvalue weighted by Crippen LogP contribution is 2.36. The predicted molar refractivity (Wildman–Crippen MR) is 52.8 cm³/mol. The first kappa shape index (κ1) is 10.8. The zero-order valence-electron chi connectivity index (χ0n) is 7.47. The molecule has 0 aliphatic carbocycles. The first-order valence-corrected chi connectivity index (χ1v) is 10.5. The zero-order chi connectivity index (χ0) is 8.20. The molecule has 62 valence electrons. The molecule has 0 rings (SSSR count). The standard InChI is InChI=1S/C5H17O2PSi2/c1-8(6-9-2)7-10(3,4)5/h9H2,1-5H3. The average molecular weight is 196 g/mol. The van der Waals surface area contributed by atoms with Gasteiger partial charge in [-0.05, 0) is 19.6 Å². The van der Waals surface area contributed by atoms with E-state index < -0.39 is 16.7 Å². The molecule has 0 N–H and O–H groups in total. The third-order valence-electron chi connectivity index (χ3n) is 0.713. The summed E-state index contributed by atoms with van der Waals surface area (Å²) in [5.74, 6) is 0. The van der Waals surface area contributed by atoms with E-state index in [0.29, 0.717) is 0 Å². The third-order valence-corrected chi connectivity index (χ3v) is 6.42. The van der Waals surface area contributed by atoms with Crippen molar-refractivity contribution in [2.24, 2.45) is 0 Å². The van der Waals surface area contributed by atoms with E-state index in [1.165, 1.54) is 0 Å². The Bertz CT molecular complexity index is 94.1. The smallest absolute Gasteiger partial charge is 0.191 e. The van der Waals surface area contributed by atoms with Crippen LogP contribution in [0.4, 0.5) is 0 Å². The lowest BCUT2D eigenvalue weighted by molar-refractivity contribution is 0.515. The molecule has 10 heavy (non-hydrogen) atoms. The zero-order valence-corrected chi connectivity index (χ0v) is 10.8. The van der Waals surface area contributed by atoms with Gasteiger partial charge in [-0.3, -0.25) is 0 Å². The fourth-order valence-corrected chi connectivity index (χ4v) is 5.82. The lowest BCUT2D eigenvalue weighted by Gasteiger charge is -2.22. The molecular weight excluding hydrogens is 179 g/mol. The second-order valence-corrected chi connectivity index (χ2v) is 10.5. The molecule has 0 fully saturated rings. The quantitative estimate of drug-likeness (QED) is 0.505. The molecule has 0 aromatic rings. The molecule has 1 unspecified atom stereocenters. The molecule has 1 atom stereocenters. The minimum Gasteiger partial charge on any atom is -0.384 e. The summed E-state index contributed by atoms with van der Waals surface area (Å²) in [7, 11) is -2.15. The van der Waals surface area contributed by atoms with Crippen molar-refractivity contribution >= 4 is 26.5 Å². The monoisotopic (exact) mass is 196 g/mol. The van der Waals surface area contributed by atoms with Crippen LogP contribution in [0.5, 0.6) is 0 Å². The number of hydrogen-bond donors (Lipinski definition) is 0. The van der Waals surface area contributed by atoms with Crippen LogP contribution in [0.15, 0.2) is 0 Å². The van der Waals surface area contributed by atoms with Gasteiger partial charge >= 0.3 is 0 Å². The van der Waals surface area contributed by atoms with Crippen LogP contribution in [0.25, 0.3) is 0 Å². The first-order valence-electron chi connectivity index (χ1n) is 3.51. The molecule has 0 aliphatic rings. The molecule has 0 spiro atoms. The SMILES string of the molecule is C[SiH2]OP(C)O[Si](C)(C)C. The van der Waals surface area contributed by atoms with E-state index >= 15 is 0 Å². The summed E-state index contributed by atoms with van der Waals surface area (Å²) < 4.78 is 11.1.